The van der Waals surface area contributed by atoms with Crippen molar-refractivity contribution in [2.24, 2.45) is 0 Å². The summed E-state index contributed by atoms with van der Waals surface area (Å²) in [5.74, 6) is 1.21. The predicted octanol–water partition coefficient (Wildman–Crippen LogP) is 3.91. The fraction of sp³-hybridized carbons (Fsp3) is 0.353. The third kappa shape index (κ3) is 4.60. The van der Waals surface area contributed by atoms with Crippen molar-refractivity contribution in [1.29, 1.82) is 0 Å². The SMILES string of the molecule is CC(C)c1ccc(OCC(=O)N(C)Cc2cccs2)cc1. The average molecular weight is 303 g/mol. The highest BCUT2D eigenvalue weighted by molar-refractivity contribution is 7.09. The van der Waals surface area contributed by atoms with Crippen LogP contribution in [0.15, 0.2) is 41.8 Å². The van der Waals surface area contributed by atoms with Crippen molar-refractivity contribution in [1.82, 2.24) is 4.90 Å². The standard InChI is InChI=1S/C17H21NO2S/c1-13(2)14-6-8-15(9-7-14)20-12-17(19)18(3)11-16-5-4-10-21-16/h4-10,13H,11-12H2,1-3H3. The summed E-state index contributed by atoms with van der Waals surface area (Å²) in [4.78, 5) is 14.9. The van der Waals surface area contributed by atoms with E-state index in [1.807, 2.05) is 41.8 Å². The molecule has 0 saturated carbocycles. The third-order valence-electron chi connectivity index (χ3n) is 3.31. The molecule has 0 N–H and O–H groups in total. The molecule has 112 valence electrons. The van der Waals surface area contributed by atoms with Gasteiger partial charge in [-0.15, -0.1) is 11.3 Å². The van der Waals surface area contributed by atoms with Crippen molar-refractivity contribution in [3.8, 4) is 5.75 Å². The number of hydrogen-bond acceptors (Lipinski definition) is 3. The molecule has 0 atom stereocenters. The van der Waals surface area contributed by atoms with Gasteiger partial charge in [-0.1, -0.05) is 32.0 Å². The van der Waals surface area contributed by atoms with E-state index in [1.54, 1.807) is 23.3 Å². The molecule has 0 aliphatic carbocycles. The van der Waals surface area contributed by atoms with E-state index in [-0.39, 0.29) is 12.5 Å². The fourth-order valence-electron chi connectivity index (χ4n) is 1.93. The van der Waals surface area contributed by atoms with E-state index >= 15 is 0 Å². The van der Waals surface area contributed by atoms with Crippen molar-refractivity contribution >= 4 is 17.2 Å². The summed E-state index contributed by atoms with van der Waals surface area (Å²) in [7, 11) is 1.80. The van der Waals surface area contributed by atoms with Gasteiger partial charge in [0.05, 0.1) is 6.54 Å². The number of benzene rings is 1. The third-order valence-corrected chi connectivity index (χ3v) is 4.17. The number of thiophene rings is 1. The molecule has 0 bridgehead atoms. The van der Waals surface area contributed by atoms with Crippen LogP contribution in [0, 0.1) is 0 Å². The zero-order valence-electron chi connectivity index (χ0n) is 12.7. The lowest BCUT2D eigenvalue weighted by atomic mass is 10.0. The zero-order chi connectivity index (χ0) is 15.2. The number of nitrogens with zero attached hydrogens (tertiary/aromatic N) is 1. The monoisotopic (exact) mass is 303 g/mol. The van der Waals surface area contributed by atoms with Gasteiger partial charge in [-0.2, -0.15) is 0 Å². The molecule has 3 nitrogen and oxygen atoms in total. The molecule has 1 heterocycles. The van der Waals surface area contributed by atoms with Gasteiger partial charge in [0.15, 0.2) is 6.61 Å². The van der Waals surface area contributed by atoms with Gasteiger partial charge in [-0.05, 0) is 35.1 Å². The van der Waals surface area contributed by atoms with Crippen molar-refractivity contribution in [2.45, 2.75) is 26.3 Å². The van der Waals surface area contributed by atoms with Crippen LogP contribution in [0.4, 0.5) is 0 Å². The number of amides is 1. The minimum Gasteiger partial charge on any atom is -0.484 e. The minimum atomic E-state index is -0.0173. The van der Waals surface area contributed by atoms with Crippen LogP contribution in [-0.2, 0) is 11.3 Å². The van der Waals surface area contributed by atoms with Crippen molar-refractivity contribution in [3.63, 3.8) is 0 Å². The zero-order valence-corrected chi connectivity index (χ0v) is 13.5. The maximum atomic E-state index is 12.0. The molecule has 4 heteroatoms. The Hall–Kier alpha value is -1.81. The van der Waals surface area contributed by atoms with E-state index in [2.05, 4.69) is 13.8 Å². The molecule has 21 heavy (non-hydrogen) atoms. The van der Waals surface area contributed by atoms with E-state index in [1.165, 1.54) is 10.4 Å². The number of carbonyl (C=O) groups excluding carboxylic acids is 1. The maximum absolute atomic E-state index is 12.0. The predicted molar refractivity (Wildman–Crippen MR) is 86.8 cm³/mol. The Balaban J connectivity index is 1.83. The van der Waals surface area contributed by atoms with E-state index in [0.717, 1.165) is 5.75 Å². The van der Waals surface area contributed by atoms with Crippen LogP contribution in [0.25, 0.3) is 0 Å². The average Bonchev–Trinajstić information content (AvgIpc) is 2.98. The molecular formula is C17H21NO2S. The Labute approximate surface area is 130 Å². The van der Waals surface area contributed by atoms with Gasteiger partial charge in [0, 0.05) is 11.9 Å². The highest BCUT2D eigenvalue weighted by Gasteiger charge is 2.10. The molecule has 0 aliphatic rings. The van der Waals surface area contributed by atoms with Gasteiger partial charge in [0.2, 0.25) is 0 Å². The Morgan fingerprint density at radius 2 is 1.95 bits per heavy atom. The number of ether oxygens (including phenoxy) is 1. The summed E-state index contributed by atoms with van der Waals surface area (Å²) in [6, 6.07) is 11.9. The Morgan fingerprint density at radius 3 is 2.52 bits per heavy atom. The summed E-state index contributed by atoms with van der Waals surface area (Å²) < 4.78 is 5.56. The van der Waals surface area contributed by atoms with E-state index in [9.17, 15) is 4.79 Å². The number of likely N-dealkylation sites (N-methyl/N-ethyl adjacent to an activating group) is 1. The summed E-state index contributed by atoms with van der Waals surface area (Å²) in [6.07, 6.45) is 0. The summed E-state index contributed by atoms with van der Waals surface area (Å²) in [5.41, 5.74) is 1.27. The molecule has 0 fully saturated rings. The second-order valence-corrected chi connectivity index (χ2v) is 6.37. The lowest BCUT2D eigenvalue weighted by Gasteiger charge is -2.16. The molecule has 0 aliphatic heterocycles. The summed E-state index contributed by atoms with van der Waals surface area (Å²) in [6.45, 7) is 5.01. The topological polar surface area (TPSA) is 29.5 Å². The number of hydrogen-bond donors (Lipinski definition) is 0. The van der Waals surface area contributed by atoms with Crippen molar-refractivity contribution in [3.05, 3.63) is 52.2 Å². The molecule has 1 amide bonds. The molecule has 0 radical (unpaired) electrons. The number of rotatable bonds is 6. The highest BCUT2D eigenvalue weighted by atomic mass is 32.1. The lowest BCUT2D eigenvalue weighted by Crippen LogP contribution is -2.30. The molecule has 0 spiro atoms. The summed E-state index contributed by atoms with van der Waals surface area (Å²) in [5, 5.41) is 2.01. The second-order valence-electron chi connectivity index (χ2n) is 5.34. The first-order valence-corrected chi connectivity index (χ1v) is 7.93. The van der Waals surface area contributed by atoms with Crippen LogP contribution in [0.1, 0.15) is 30.2 Å². The Kier molecular flexibility index (Phi) is 5.39. The molecule has 1 aromatic heterocycles. The van der Waals surface area contributed by atoms with E-state index in [0.29, 0.717) is 12.5 Å². The highest BCUT2D eigenvalue weighted by Crippen LogP contribution is 2.18. The largest absolute Gasteiger partial charge is 0.484 e. The molecule has 0 saturated heterocycles. The smallest absolute Gasteiger partial charge is 0.260 e. The van der Waals surface area contributed by atoms with Crippen LogP contribution in [0.3, 0.4) is 0 Å². The van der Waals surface area contributed by atoms with E-state index < -0.39 is 0 Å². The van der Waals surface area contributed by atoms with Gasteiger partial charge in [0.25, 0.3) is 5.91 Å². The van der Waals surface area contributed by atoms with Gasteiger partial charge in [0.1, 0.15) is 5.75 Å². The maximum Gasteiger partial charge on any atom is 0.260 e. The number of carbonyl (C=O) groups is 1. The summed E-state index contributed by atoms with van der Waals surface area (Å²) >= 11 is 1.65. The van der Waals surface area contributed by atoms with Crippen LogP contribution in [0.2, 0.25) is 0 Å². The molecular weight excluding hydrogens is 282 g/mol. The van der Waals surface area contributed by atoms with Crippen LogP contribution in [0.5, 0.6) is 5.75 Å². The van der Waals surface area contributed by atoms with Crippen LogP contribution >= 0.6 is 11.3 Å². The molecule has 0 unspecified atom stereocenters. The fourth-order valence-corrected chi connectivity index (χ4v) is 2.69. The quantitative estimate of drug-likeness (QED) is 0.810. The van der Waals surface area contributed by atoms with Crippen LogP contribution in [-0.4, -0.2) is 24.5 Å². The van der Waals surface area contributed by atoms with Crippen molar-refractivity contribution < 1.29 is 9.53 Å². The molecule has 2 aromatic rings. The normalized spacial score (nSPS) is 10.7. The van der Waals surface area contributed by atoms with Crippen molar-refractivity contribution in [2.75, 3.05) is 13.7 Å². The Bertz CT molecular complexity index is 561. The van der Waals surface area contributed by atoms with Gasteiger partial charge in [-0.3, -0.25) is 4.79 Å². The van der Waals surface area contributed by atoms with Gasteiger partial charge >= 0.3 is 0 Å². The van der Waals surface area contributed by atoms with Gasteiger partial charge in [-0.25, -0.2) is 0 Å². The first-order valence-electron chi connectivity index (χ1n) is 7.05. The van der Waals surface area contributed by atoms with Gasteiger partial charge < -0.3 is 9.64 Å². The lowest BCUT2D eigenvalue weighted by molar-refractivity contribution is -0.132. The second kappa shape index (κ2) is 7.27. The first kappa shape index (κ1) is 15.6. The molecule has 1 aromatic carbocycles. The van der Waals surface area contributed by atoms with E-state index in [4.69, 9.17) is 4.74 Å². The molecule has 2 rings (SSSR count). The minimum absolute atomic E-state index is 0.0173. The first-order chi connectivity index (χ1) is 10.1. The van der Waals surface area contributed by atoms with Crippen LogP contribution < -0.4 is 4.74 Å². The Morgan fingerprint density at radius 1 is 1.24 bits per heavy atom.